The Morgan fingerprint density at radius 2 is 1.83 bits per heavy atom. The number of piperazine rings is 1. The van der Waals surface area contributed by atoms with Crippen molar-refractivity contribution in [3.8, 4) is 0 Å². The van der Waals surface area contributed by atoms with Crippen molar-refractivity contribution >= 4 is 0 Å². The fourth-order valence-corrected chi connectivity index (χ4v) is 2.63. The van der Waals surface area contributed by atoms with Gasteiger partial charge < -0.3 is 5.32 Å². The zero-order valence-corrected chi connectivity index (χ0v) is 13.6. The predicted molar refractivity (Wildman–Crippen MR) is 80.9 cm³/mol. The Bertz CT molecular complexity index is 245. The maximum absolute atomic E-state index is 3.72. The molecule has 1 saturated heterocycles. The number of nitrogens with one attached hydrogen (secondary N) is 1. The summed E-state index contributed by atoms with van der Waals surface area (Å²) >= 11 is 0. The molecule has 0 aromatic heterocycles. The molecule has 0 spiro atoms. The molecule has 1 N–H and O–H groups in total. The topological polar surface area (TPSA) is 15.3 Å². The van der Waals surface area contributed by atoms with E-state index in [0.29, 0.717) is 11.5 Å². The van der Waals surface area contributed by atoms with Crippen molar-refractivity contribution in [2.45, 2.75) is 67.0 Å². The predicted octanol–water partition coefficient (Wildman–Crippen LogP) is 3.38. The maximum Gasteiger partial charge on any atom is 0.0219 e. The molecule has 1 aliphatic rings. The van der Waals surface area contributed by atoms with E-state index in [-0.39, 0.29) is 0 Å². The van der Waals surface area contributed by atoms with Crippen LogP contribution in [0.1, 0.15) is 54.9 Å². The second-order valence-corrected chi connectivity index (χ2v) is 7.39. The maximum atomic E-state index is 3.72. The first kappa shape index (κ1) is 16.0. The van der Waals surface area contributed by atoms with Crippen LogP contribution in [0.2, 0.25) is 0 Å². The average Bonchev–Trinajstić information content (AvgIpc) is 2.28. The Labute approximate surface area is 115 Å². The van der Waals surface area contributed by atoms with Gasteiger partial charge in [-0.05, 0) is 23.7 Å². The highest BCUT2D eigenvalue weighted by molar-refractivity contribution is 4.90. The van der Waals surface area contributed by atoms with Crippen LogP contribution in [0.3, 0.4) is 0 Å². The Kier molecular flexibility index (Phi) is 5.67. The highest BCUT2D eigenvalue weighted by Gasteiger charge is 2.33. The quantitative estimate of drug-likeness (QED) is 0.809. The molecule has 0 aliphatic carbocycles. The van der Waals surface area contributed by atoms with Crippen LogP contribution in [-0.4, -0.2) is 36.6 Å². The summed E-state index contributed by atoms with van der Waals surface area (Å²) in [7, 11) is 0. The zero-order valence-electron chi connectivity index (χ0n) is 13.6. The summed E-state index contributed by atoms with van der Waals surface area (Å²) in [5.74, 6) is 1.47. The lowest BCUT2D eigenvalue weighted by molar-refractivity contribution is 0.0534. The lowest BCUT2D eigenvalue weighted by Crippen LogP contribution is -2.59. The highest BCUT2D eigenvalue weighted by Crippen LogP contribution is 2.29. The van der Waals surface area contributed by atoms with Crippen LogP contribution in [0.4, 0.5) is 0 Å². The zero-order chi connectivity index (χ0) is 13.9. The minimum Gasteiger partial charge on any atom is -0.311 e. The van der Waals surface area contributed by atoms with Crippen molar-refractivity contribution in [2.75, 3.05) is 19.6 Å². The summed E-state index contributed by atoms with van der Waals surface area (Å²) in [5, 5.41) is 3.72. The van der Waals surface area contributed by atoms with Crippen LogP contribution >= 0.6 is 0 Å². The standard InChI is InChI=1S/C16H34N2/c1-8-14-9-17-15(12(2)3)10-18(14)11-16(6,7)13(4)5/h12-15,17H,8-11H2,1-7H3. The van der Waals surface area contributed by atoms with Gasteiger partial charge in [0.1, 0.15) is 0 Å². The van der Waals surface area contributed by atoms with Gasteiger partial charge >= 0.3 is 0 Å². The molecule has 2 unspecified atom stereocenters. The van der Waals surface area contributed by atoms with Crippen molar-refractivity contribution in [1.82, 2.24) is 10.2 Å². The van der Waals surface area contributed by atoms with E-state index in [9.17, 15) is 0 Å². The van der Waals surface area contributed by atoms with Crippen LogP contribution in [-0.2, 0) is 0 Å². The van der Waals surface area contributed by atoms with E-state index in [1.807, 2.05) is 0 Å². The summed E-state index contributed by atoms with van der Waals surface area (Å²) in [4.78, 5) is 2.74. The normalized spacial score (nSPS) is 27.2. The largest absolute Gasteiger partial charge is 0.311 e. The molecule has 0 aromatic rings. The van der Waals surface area contributed by atoms with Crippen molar-refractivity contribution in [2.24, 2.45) is 17.3 Å². The third kappa shape index (κ3) is 3.96. The van der Waals surface area contributed by atoms with Crippen LogP contribution in [0.5, 0.6) is 0 Å². The molecule has 1 fully saturated rings. The number of rotatable bonds is 5. The van der Waals surface area contributed by atoms with Crippen LogP contribution in [0.15, 0.2) is 0 Å². The molecular weight excluding hydrogens is 220 g/mol. The first-order valence-corrected chi connectivity index (χ1v) is 7.75. The second-order valence-electron chi connectivity index (χ2n) is 7.39. The van der Waals surface area contributed by atoms with Gasteiger partial charge in [-0.2, -0.15) is 0 Å². The number of hydrogen-bond donors (Lipinski definition) is 1. The van der Waals surface area contributed by atoms with E-state index in [0.717, 1.165) is 24.4 Å². The third-order valence-electron chi connectivity index (χ3n) is 5.01. The van der Waals surface area contributed by atoms with E-state index in [2.05, 4.69) is 58.7 Å². The molecule has 2 atom stereocenters. The lowest BCUT2D eigenvalue weighted by Gasteiger charge is -2.46. The van der Waals surface area contributed by atoms with Gasteiger partial charge in [0.15, 0.2) is 0 Å². The molecule has 0 amide bonds. The molecule has 18 heavy (non-hydrogen) atoms. The van der Waals surface area contributed by atoms with Gasteiger partial charge in [0, 0.05) is 31.7 Å². The molecule has 0 radical (unpaired) electrons. The van der Waals surface area contributed by atoms with Crippen molar-refractivity contribution in [3.05, 3.63) is 0 Å². The summed E-state index contributed by atoms with van der Waals surface area (Å²) in [6, 6.07) is 1.38. The molecular formula is C16H34N2. The van der Waals surface area contributed by atoms with Crippen LogP contribution in [0.25, 0.3) is 0 Å². The molecule has 0 bridgehead atoms. The SMILES string of the molecule is CCC1CNC(C(C)C)CN1CC(C)(C)C(C)C. The molecule has 2 heteroatoms. The van der Waals surface area contributed by atoms with E-state index in [1.165, 1.54) is 19.5 Å². The smallest absolute Gasteiger partial charge is 0.0219 e. The van der Waals surface area contributed by atoms with Gasteiger partial charge in [-0.1, -0.05) is 48.5 Å². The van der Waals surface area contributed by atoms with Gasteiger partial charge in [-0.15, -0.1) is 0 Å². The highest BCUT2D eigenvalue weighted by atomic mass is 15.2. The van der Waals surface area contributed by atoms with E-state index >= 15 is 0 Å². The van der Waals surface area contributed by atoms with Gasteiger partial charge in [0.05, 0.1) is 0 Å². The molecule has 108 valence electrons. The minimum atomic E-state index is 0.409. The Morgan fingerprint density at radius 3 is 2.28 bits per heavy atom. The Balaban J connectivity index is 2.69. The van der Waals surface area contributed by atoms with Crippen molar-refractivity contribution in [3.63, 3.8) is 0 Å². The van der Waals surface area contributed by atoms with Crippen molar-refractivity contribution < 1.29 is 0 Å². The summed E-state index contributed by atoms with van der Waals surface area (Å²) in [6.45, 7) is 20.1. The van der Waals surface area contributed by atoms with E-state index in [1.54, 1.807) is 0 Å². The first-order chi connectivity index (χ1) is 8.27. The number of nitrogens with zero attached hydrogens (tertiary/aromatic N) is 1. The molecule has 2 nitrogen and oxygen atoms in total. The monoisotopic (exact) mass is 254 g/mol. The summed E-state index contributed by atoms with van der Waals surface area (Å²) < 4.78 is 0. The van der Waals surface area contributed by atoms with E-state index < -0.39 is 0 Å². The fraction of sp³-hybridized carbons (Fsp3) is 1.00. The van der Waals surface area contributed by atoms with Gasteiger partial charge in [-0.3, -0.25) is 4.90 Å². The van der Waals surface area contributed by atoms with E-state index in [4.69, 9.17) is 0 Å². The van der Waals surface area contributed by atoms with Gasteiger partial charge in [-0.25, -0.2) is 0 Å². The Morgan fingerprint density at radius 1 is 1.22 bits per heavy atom. The fourth-order valence-electron chi connectivity index (χ4n) is 2.63. The van der Waals surface area contributed by atoms with Crippen LogP contribution in [0, 0.1) is 17.3 Å². The second kappa shape index (κ2) is 6.38. The number of hydrogen-bond acceptors (Lipinski definition) is 2. The molecule has 1 heterocycles. The molecule has 1 rings (SSSR count). The third-order valence-corrected chi connectivity index (χ3v) is 5.01. The summed E-state index contributed by atoms with van der Waals surface area (Å²) in [5.41, 5.74) is 0.409. The van der Waals surface area contributed by atoms with Gasteiger partial charge in [0.2, 0.25) is 0 Å². The molecule has 0 aromatic carbocycles. The lowest BCUT2D eigenvalue weighted by atomic mass is 9.80. The van der Waals surface area contributed by atoms with Crippen LogP contribution < -0.4 is 5.32 Å². The van der Waals surface area contributed by atoms with Crippen molar-refractivity contribution in [1.29, 1.82) is 0 Å². The first-order valence-electron chi connectivity index (χ1n) is 7.75. The van der Waals surface area contributed by atoms with Gasteiger partial charge in [0.25, 0.3) is 0 Å². The summed E-state index contributed by atoms with van der Waals surface area (Å²) in [6.07, 6.45) is 1.26. The average molecular weight is 254 g/mol. The Hall–Kier alpha value is -0.0800. The minimum absolute atomic E-state index is 0.409. The molecule has 0 saturated carbocycles. The molecule has 1 aliphatic heterocycles.